The maximum atomic E-state index is 10.9. The number of allylic oxidation sites excluding steroid dienone is 4. The van der Waals surface area contributed by atoms with Gasteiger partial charge in [-0.3, -0.25) is 4.79 Å². The molecule has 0 aromatic carbocycles. The number of amides is 1. The van der Waals surface area contributed by atoms with Crippen molar-refractivity contribution in [1.29, 1.82) is 0 Å². The van der Waals surface area contributed by atoms with Gasteiger partial charge in [-0.05, 0) is 49.2 Å². The van der Waals surface area contributed by atoms with E-state index in [1.807, 2.05) is 5.41 Å². The third kappa shape index (κ3) is 6.70. The molecule has 0 fully saturated rings. The van der Waals surface area contributed by atoms with Crippen LogP contribution in [-0.2, 0) is 9.53 Å². The number of hydrogen-bond acceptors (Lipinski definition) is 3. The minimum atomic E-state index is -0.0249. The highest BCUT2D eigenvalue weighted by molar-refractivity contribution is 8.06. The van der Waals surface area contributed by atoms with Crippen molar-refractivity contribution in [3.63, 3.8) is 0 Å². The van der Waals surface area contributed by atoms with Crippen LogP contribution >= 0.6 is 11.8 Å². The molecule has 0 aromatic heterocycles. The number of ether oxygens (including phenoxy) is 1. The Hall–Kier alpha value is -1.26. The van der Waals surface area contributed by atoms with Crippen molar-refractivity contribution in [2.75, 3.05) is 13.2 Å². The Morgan fingerprint density at radius 2 is 2.17 bits per heavy atom. The lowest BCUT2D eigenvalue weighted by molar-refractivity contribution is -0.110. The highest BCUT2D eigenvalue weighted by Gasteiger charge is 2.18. The van der Waals surface area contributed by atoms with Crippen molar-refractivity contribution in [3.8, 4) is 0 Å². The molecule has 0 radical (unpaired) electrons. The lowest BCUT2D eigenvalue weighted by atomic mass is 9.92. The van der Waals surface area contributed by atoms with E-state index in [0.29, 0.717) is 6.61 Å². The Morgan fingerprint density at radius 1 is 1.38 bits per heavy atom. The van der Waals surface area contributed by atoms with Crippen LogP contribution in [0.1, 0.15) is 52.9 Å². The van der Waals surface area contributed by atoms with E-state index in [1.165, 1.54) is 21.6 Å². The molecule has 0 bridgehead atoms. The van der Waals surface area contributed by atoms with Gasteiger partial charge in [0.25, 0.3) is 0 Å². The molecule has 1 aliphatic rings. The maximum Gasteiger partial charge on any atom is 0.207 e. The number of nitrogens with one attached hydrogen (secondary N) is 1. The van der Waals surface area contributed by atoms with E-state index < -0.39 is 0 Å². The topological polar surface area (TPSA) is 38.3 Å². The number of rotatable bonds is 12. The maximum absolute atomic E-state index is 10.9. The van der Waals surface area contributed by atoms with Gasteiger partial charge < -0.3 is 10.1 Å². The Morgan fingerprint density at radius 3 is 2.71 bits per heavy atom. The molecule has 0 heterocycles. The van der Waals surface area contributed by atoms with E-state index in [9.17, 15) is 4.79 Å². The number of thioether (sulfide) groups is 1. The summed E-state index contributed by atoms with van der Waals surface area (Å²) in [6.07, 6.45) is 10.3. The fourth-order valence-corrected chi connectivity index (χ4v) is 3.64. The summed E-state index contributed by atoms with van der Waals surface area (Å²) in [7, 11) is 0. The molecule has 3 nitrogen and oxygen atoms in total. The van der Waals surface area contributed by atoms with Gasteiger partial charge >= 0.3 is 0 Å². The van der Waals surface area contributed by atoms with E-state index >= 15 is 0 Å². The number of carbonyl (C=O) groups is 1. The first kappa shape index (κ1) is 20.8. The normalized spacial score (nSPS) is 16.6. The van der Waals surface area contributed by atoms with Crippen molar-refractivity contribution in [1.82, 2.24) is 5.32 Å². The Balaban J connectivity index is 2.90. The summed E-state index contributed by atoms with van der Waals surface area (Å²) in [5, 5.41) is 4.79. The van der Waals surface area contributed by atoms with Crippen molar-refractivity contribution in [2.24, 2.45) is 0 Å². The Kier molecular flexibility index (Phi) is 10.5. The van der Waals surface area contributed by atoms with Gasteiger partial charge in [0.15, 0.2) is 0 Å². The lowest BCUT2D eigenvalue weighted by Crippen LogP contribution is -2.35. The van der Waals surface area contributed by atoms with Crippen molar-refractivity contribution < 1.29 is 9.53 Å². The van der Waals surface area contributed by atoms with Crippen molar-refractivity contribution in [2.45, 2.75) is 58.9 Å². The summed E-state index contributed by atoms with van der Waals surface area (Å²) < 4.78 is 5.62. The molecule has 1 amide bonds. The highest BCUT2D eigenvalue weighted by atomic mass is 32.2. The van der Waals surface area contributed by atoms with Crippen LogP contribution in [0.2, 0.25) is 0 Å². The molecule has 134 valence electrons. The van der Waals surface area contributed by atoms with Crippen LogP contribution in [0.5, 0.6) is 0 Å². The van der Waals surface area contributed by atoms with Gasteiger partial charge in [-0.15, -0.1) is 0 Å². The molecule has 0 saturated heterocycles. The van der Waals surface area contributed by atoms with Crippen molar-refractivity contribution >= 4 is 18.2 Å². The van der Waals surface area contributed by atoms with Gasteiger partial charge in [0.2, 0.25) is 6.41 Å². The van der Waals surface area contributed by atoms with E-state index in [-0.39, 0.29) is 6.04 Å². The third-order valence-corrected chi connectivity index (χ3v) is 5.05. The molecule has 0 aromatic rings. The fraction of sp³-hybridized carbons (Fsp3) is 0.550. The SMILES string of the molecule is C=CS/C(C1=CC=C([C@H](COCCC)NC=O)CC1)=C(/C)CCC. The van der Waals surface area contributed by atoms with Gasteiger partial charge in [0.1, 0.15) is 0 Å². The fourth-order valence-electron chi connectivity index (χ4n) is 2.84. The first-order valence-corrected chi connectivity index (χ1v) is 9.70. The van der Waals surface area contributed by atoms with Gasteiger partial charge in [-0.25, -0.2) is 0 Å². The first-order valence-electron chi connectivity index (χ1n) is 8.82. The number of carbonyl (C=O) groups excluding carboxylic acids is 1. The third-order valence-electron chi connectivity index (χ3n) is 4.04. The van der Waals surface area contributed by atoms with Crippen molar-refractivity contribution in [3.05, 3.63) is 45.8 Å². The molecule has 1 aliphatic carbocycles. The molecule has 0 aliphatic heterocycles. The number of hydrogen-bond donors (Lipinski definition) is 1. The minimum absolute atomic E-state index is 0.0249. The lowest BCUT2D eigenvalue weighted by Gasteiger charge is -2.24. The van der Waals surface area contributed by atoms with Gasteiger partial charge in [-0.2, -0.15) is 0 Å². The average Bonchev–Trinajstić information content (AvgIpc) is 2.59. The molecule has 0 spiro atoms. The Bertz CT molecular complexity index is 506. The largest absolute Gasteiger partial charge is 0.379 e. The van der Waals surface area contributed by atoms with Gasteiger partial charge in [0.05, 0.1) is 12.6 Å². The van der Waals surface area contributed by atoms with Crippen LogP contribution in [0.3, 0.4) is 0 Å². The summed E-state index contributed by atoms with van der Waals surface area (Å²) >= 11 is 1.72. The van der Waals surface area contributed by atoms with Crippen LogP contribution in [-0.4, -0.2) is 25.7 Å². The minimum Gasteiger partial charge on any atom is -0.379 e. The smallest absolute Gasteiger partial charge is 0.207 e. The molecule has 0 unspecified atom stereocenters. The molecular weight excluding hydrogens is 318 g/mol. The monoisotopic (exact) mass is 349 g/mol. The second-order valence-corrected chi connectivity index (χ2v) is 6.97. The predicted molar refractivity (Wildman–Crippen MR) is 105 cm³/mol. The van der Waals surface area contributed by atoms with E-state index in [2.05, 4.69) is 44.8 Å². The standard InChI is InChI=1S/C20H31NO2S/c1-5-8-16(4)20(24-7-3)18-11-9-17(10-12-18)19(21-15-22)14-23-13-6-2/h7,9,11,15,19H,3,5-6,8,10,12-14H2,1-2,4H3,(H,21,22)/b20-16-/t19-/m0/s1. The quantitative estimate of drug-likeness (QED) is 0.392. The zero-order chi connectivity index (χ0) is 17.8. The zero-order valence-electron chi connectivity index (χ0n) is 15.3. The van der Waals surface area contributed by atoms with Crippen LogP contribution in [0.25, 0.3) is 0 Å². The zero-order valence-corrected chi connectivity index (χ0v) is 16.1. The van der Waals surface area contributed by atoms with Crippen LogP contribution < -0.4 is 5.32 Å². The highest BCUT2D eigenvalue weighted by Crippen LogP contribution is 2.35. The molecule has 0 saturated carbocycles. The first-order chi connectivity index (χ1) is 11.7. The van der Waals surface area contributed by atoms with E-state index in [4.69, 9.17) is 4.74 Å². The summed E-state index contributed by atoms with van der Waals surface area (Å²) in [6.45, 7) is 11.6. The summed E-state index contributed by atoms with van der Waals surface area (Å²) in [5.74, 6) is 0. The van der Waals surface area contributed by atoms with E-state index in [0.717, 1.165) is 45.1 Å². The van der Waals surface area contributed by atoms with Gasteiger partial charge in [0, 0.05) is 11.5 Å². The summed E-state index contributed by atoms with van der Waals surface area (Å²) in [4.78, 5) is 12.2. The molecule has 1 N–H and O–H groups in total. The molecule has 4 heteroatoms. The molecule has 1 rings (SSSR count). The summed E-state index contributed by atoms with van der Waals surface area (Å²) in [6, 6.07) is -0.0249. The van der Waals surface area contributed by atoms with E-state index in [1.54, 1.807) is 11.8 Å². The average molecular weight is 350 g/mol. The summed E-state index contributed by atoms with van der Waals surface area (Å²) in [5.41, 5.74) is 4.03. The van der Waals surface area contributed by atoms with Crippen LogP contribution in [0, 0.1) is 0 Å². The second-order valence-electron chi connectivity index (χ2n) is 5.99. The second kappa shape index (κ2) is 12.2. The predicted octanol–water partition coefficient (Wildman–Crippen LogP) is 5.13. The van der Waals surface area contributed by atoms with Crippen LogP contribution in [0.4, 0.5) is 0 Å². The molecule has 1 atom stereocenters. The van der Waals surface area contributed by atoms with Crippen LogP contribution in [0.15, 0.2) is 45.8 Å². The Labute approximate surface area is 151 Å². The molecule has 24 heavy (non-hydrogen) atoms. The van der Waals surface area contributed by atoms with Gasteiger partial charge in [-0.1, -0.05) is 56.3 Å². The molecular formula is C20H31NO2S.